The van der Waals surface area contributed by atoms with Crippen molar-refractivity contribution in [2.75, 3.05) is 11.9 Å². The fraction of sp³-hybridized carbons (Fsp3) is 0.364. The number of hydrogen-bond donors (Lipinski definition) is 1. The van der Waals surface area contributed by atoms with Gasteiger partial charge in [0.2, 0.25) is 0 Å². The summed E-state index contributed by atoms with van der Waals surface area (Å²) in [4.78, 5) is 21.1. The number of piperidine rings is 2. The number of aromatic nitrogens is 4. The van der Waals surface area contributed by atoms with Crippen LogP contribution in [0.1, 0.15) is 35.2 Å². The molecule has 1 N–H and O–H groups in total. The first-order chi connectivity index (χ1) is 14.6. The van der Waals surface area contributed by atoms with E-state index in [2.05, 4.69) is 20.5 Å². The van der Waals surface area contributed by atoms with Crippen molar-refractivity contribution in [1.29, 1.82) is 0 Å². The first-order valence-electron chi connectivity index (χ1n) is 10.3. The van der Waals surface area contributed by atoms with Gasteiger partial charge in [-0.1, -0.05) is 12.1 Å². The minimum atomic E-state index is -0.516. The number of nitrogens with zero attached hydrogens (tertiary/aromatic N) is 5. The van der Waals surface area contributed by atoms with Crippen molar-refractivity contribution in [2.45, 2.75) is 38.3 Å². The molecule has 2 aliphatic heterocycles. The maximum Gasteiger partial charge on any atom is 0.256 e. The van der Waals surface area contributed by atoms with E-state index in [9.17, 15) is 9.18 Å². The highest BCUT2D eigenvalue weighted by Crippen LogP contribution is 2.38. The second-order valence-electron chi connectivity index (χ2n) is 8.13. The molecule has 1 amide bonds. The number of carbonyl (C=O) groups excluding carboxylic acids is 1. The van der Waals surface area contributed by atoms with Crippen LogP contribution in [0.3, 0.4) is 0 Å². The topological polar surface area (TPSA) is 75.9 Å². The Balaban J connectivity index is 1.44. The van der Waals surface area contributed by atoms with Crippen molar-refractivity contribution in [2.24, 2.45) is 5.92 Å². The SMILES string of the molecule is Cc1ccc(NC2CC3CCC2N(C(=O)c2cccc(F)c2-n2nccn2)C3)nc1. The molecule has 7 nitrogen and oxygen atoms in total. The highest BCUT2D eigenvalue weighted by Gasteiger charge is 2.43. The smallest absolute Gasteiger partial charge is 0.256 e. The Morgan fingerprint density at radius 2 is 2.00 bits per heavy atom. The zero-order valence-electron chi connectivity index (χ0n) is 16.7. The second kappa shape index (κ2) is 7.51. The van der Waals surface area contributed by atoms with Crippen LogP contribution < -0.4 is 5.32 Å². The van der Waals surface area contributed by atoms with E-state index in [-0.39, 0.29) is 29.2 Å². The number of halogens is 1. The summed E-state index contributed by atoms with van der Waals surface area (Å²) in [6.07, 6.45) is 7.80. The summed E-state index contributed by atoms with van der Waals surface area (Å²) in [5.74, 6) is 0.539. The van der Waals surface area contributed by atoms with Crippen LogP contribution in [0.5, 0.6) is 0 Å². The van der Waals surface area contributed by atoms with Gasteiger partial charge in [-0.05, 0) is 55.9 Å². The third-order valence-electron chi connectivity index (χ3n) is 6.12. The molecule has 3 aliphatic rings. The molecular weight excluding hydrogens is 383 g/mol. The van der Waals surface area contributed by atoms with E-state index in [1.54, 1.807) is 12.1 Å². The van der Waals surface area contributed by atoms with E-state index in [1.165, 1.54) is 23.3 Å². The number of nitrogens with one attached hydrogen (secondary N) is 1. The summed E-state index contributed by atoms with van der Waals surface area (Å²) >= 11 is 0. The number of pyridine rings is 1. The third kappa shape index (κ3) is 3.32. The van der Waals surface area contributed by atoms with E-state index in [4.69, 9.17) is 0 Å². The van der Waals surface area contributed by atoms with Crippen LogP contribution in [0.2, 0.25) is 0 Å². The summed E-state index contributed by atoms with van der Waals surface area (Å²) in [7, 11) is 0. The molecule has 2 saturated heterocycles. The maximum atomic E-state index is 14.6. The number of carbonyl (C=O) groups is 1. The van der Waals surface area contributed by atoms with Crippen LogP contribution >= 0.6 is 0 Å². The summed E-state index contributed by atoms with van der Waals surface area (Å²) in [6.45, 7) is 2.69. The predicted molar refractivity (Wildman–Crippen MR) is 110 cm³/mol. The molecule has 1 aliphatic carbocycles. The summed E-state index contributed by atoms with van der Waals surface area (Å²) in [5, 5.41) is 11.6. The standard InChI is InChI=1S/C22H23FN6O/c1-14-5-8-20(24-12-14)27-18-11-15-6-7-19(18)28(13-15)22(30)16-3-2-4-17(23)21(16)29-25-9-10-26-29/h2-5,8-10,12,15,18-19H,6-7,11,13H2,1H3,(H,24,27). The molecule has 4 heterocycles. The molecule has 3 fully saturated rings. The normalized spacial score (nSPS) is 22.9. The summed E-state index contributed by atoms with van der Waals surface area (Å²) in [6, 6.07) is 8.68. The zero-order chi connectivity index (χ0) is 20.7. The van der Waals surface area contributed by atoms with Crippen molar-refractivity contribution in [1.82, 2.24) is 24.9 Å². The van der Waals surface area contributed by atoms with E-state index >= 15 is 0 Å². The van der Waals surface area contributed by atoms with Crippen LogP contribution in [-0.2, 0) is 0 Å². The Morgan fingerprint density at radius 1 is 1.17 bits per heavy atom. The Bertz CT molecular complexity index is 1050. The average Bonchev–Trinajstić information content (AvgIpc) is 3.29. The van der Waals surface area contributed by atoms with Crippen LogP contribution in [0.15, 0.2) is 48.9 Å². The maximum absolute atomic E-state index is 14.6. The van der Waals surface area contributed by atoms with Crippen molar-refractivity contribution < 1.29 is 9.18 Å². The molecule has 0 radical (unpaired) electrons. The van der Waals surface area contributed by atoms with E-state index < -0.39 is 5.82 Å². The molecule has 3 aromatic rings. The molecule has 1 aromatic carbocycles. The molecule has 2 aromatic heterocycles. The molecule has 8 heteroatoms. The minimum Gasteiger partial charge on any atom is -0.365 e. The van der Waals surface area contributed by atoms with Gasteiger partial charge in [-0.25, -0.2) is 9.37 Å². The lowest BCUT2D eigenvalue weighted by molar-refractivity contribution is 0.0281. The number of amides is 1. The lowest BCUT2D eigenvalue weighted by Crippen LogP contribution is -2.59. The van der Waals surface area contributed by atoms with Crippen LogP contribution in [0.4, 0.5) is 10.2 Å². The van der Waals surface area contributed by atoms with Crippen LogP contribution in [0.25, 0.3) is 5.69 Å². The van der Waals surface area contributed by atoms with Gasteiger partial charge < -0.3 is 10.2 Å². The highest BCUT2D eigenvalue weighted by atomic mass is 19.1. The third-order valence-corrected chi connectivity index (χ3v) is 6.12. The van der Waals surface area contributed by atoms with Gasteiger partial charge in [-0.2, -0.15) is 10.2 Å². The number of anilines is 1. The lowest BCUT2D eigenvalue weighted by Gasteiger charge is -2.50. The lowest BCUT2D eigenvalue weighted by atomic mass is 9.76. The molecule has 3 atom stereocenters. The molecule has 2 bridgehead atoms. The Morgan fingerprint density at radius 3 is 2.73 bits per heavy atom. The number of rotatable bonds is 4. The molecular formula is C22H23FN6O. The molecule has 3 unspecified atom stereocenters. The van der Waals surface area contributed by atoms with E-state index in [0.29, 0.717) is 12.5 Å². The van der Waals surface area contributed by atoms with Crippen LogP contribution in [0, 0.1) is 18.7 Å². The highest BCUT2D eigenvalue weighted by molar-refractivity contribution is 5.98. The quantitative estimate of drug-likeness (QED) is 0.720. The average molecular weight is 406 g/mol. The number of para-hydroxylation sites is 1. The van der Waals surface area contributed by atoms with Gasteiger partial charge in [0.1, 0.15) is 11.5 Å². The minimum absolute atomic E-state index is 0.0345. The van der Waals surface area contributed by atoms with Gasteiger partial charge in [0.15, 0.2) is 5.82 Å². The van der Waals surface area contributed by atoms with Gasteiger partial charge in [0, 0.05) is 18.8 Å². The van der Waals surface area contributed by atoms with Crippen molar-refractivity contribution in [3.05, 3.63) is 65.9 Å². The first-order valence-corrected chi connectivity index (χ1v) is 10.3. The van der Waals surface area contributed by atoms with Gasteiger partial charge in [0.25, 0.3) is 5.91 Å². The van der Waals surface area contributed by atoms with Gasteiger partial charge in [-0.15, -0.1) is 4.80 Å². The summed E-state index contributed by atoms with van der Waals surface area (Å²) in [5.41, 5.74) is 1.48. The number of fused-ring (bicyclic) bond motifs is 3. The first kappa shape index (κ1) is 18.7. The molecule has 30 heavy (non-hydrogen) atoms. The number of aryl methyl sites for hydroxylation is 1. The second-order valence-corrected chi connectivity index (χ2v) is 8.13. The molecule has 154 valence electrons. The Labute approximate surface area is 173 Å². The number of benzene rings is 1. The molecule has 1 saturated carbocycles. The molecule has 0 spiro atoms. The largest absolute Gasteiger partial charge is 0.365 e. The zero-order valence-corrected chi connectivity index (χ0v) is 16.7. The van der Waals surface area contributed by atoms with Gasteiger partial charge >= 0.3 is 0 Å². The Kier molecular flexibility index (Phi) is 4.69. The fourth-order valence-electron chi connectivity index (χ4n) is 4.70. The van der Waals surface area contributed by atoms with E-state index in [0.717, 1.165) is 30.6 Å². The van der Waals surface area contributed by atoms with Gasteiger partial charge in [0.05, 0.1) is 24.0 Å². The molecule has 6 rings (SSSR count). The monoisotopic (exact) mass is 406 g/mol. The van der Waals surface area contributed by atoms with Crippen molar-refractivity contribution in [3.63, 3.8) is 0 Å². The van der Waals surface area contributed by atoms with Crippen molar-refractivity contribution >= 4 is 11.7 Å². The van der Waals surface area contributed by atoms with Crippen LogP contribution in [-0.4, -0.2) is 49.4 Å². The fourth-order valence-corrected chi connectivity index (χ4v) is 4.70. The van der Waals surface area contributed by atoms with Crippen molar-refractivity contribution in [3.8, 4) is 5.69 Å². The Hall–Kier alpha value is -3.29. The number of hydrogen-bond acceptors (Lipinski definition) is 5. The van der Waals surface area contributed by atoms with Gasteiger partial charge in [-0.3, -0.25) is 4.79 Å². The predicted octanol–water partition coefficient (Wildman–Crippen LogP) is 3.22. The summed E-state index contributed by atoms with van der Waals surface area (Å²) < 4.78 is 14.6. The van der Waals surface area contributed by atoms with E-state index in [1.807, 2.05) is 30.2 Å².